The Balaban J connectivity index is 0.866. The lowest BCUT2D eigenvalue weighted by Crippen LogP contribution is -2.67. The third-order valence-corrected chi connectivity index (χ3v) is 21.8. The lowest BCUT2D eigenvalue weighted by Gasteiger charge is -2.63. The summed E-state index contributed by atoms with van der Waals surface area (Å²) in [5.74, 6) is 0.0472. The minimum atomic E-state index is -1.93. The number of hydrogen-bond acceptors (Lipinski definition) is 24. The Hall–Kier alpha value is -1.67. The SMILES string of the molecule is CC(=CCC(O)C(C)C1CCC2(C)C3CCC4C(C)(C)C(OC5OC(CO)C(O)C(O)C5OC5OC(CO)C(O)C(O)C5OC5OC(CO)C(O)C(O)C5O)CCC45CC35CCC12C)C(=O)OCC1OC(O)C(O)C(O)C1O. The van der Waals surface area contributed by atoms with Crippen molar-refractivity contribution in [1.29, 1.82) is 0 Å². The van der Waals surface area contributed by atoms with E-state index in [1.165, 1.54) is 0 Å². The van der Waals surface area contributed by atoms with Crippen molar-refractivity contribution in [3.05, 3.63) is 11.6 Å². The molecular weight excluding hydrogens is 1030 g/mol. The molecule has 448 valence electrons. The first-order valence-corrected chi connectivity index (χ1v) is 28.1. The van der Waals surface area contributed by atoms with Crippen molar-refractivity contribution >= 4 is 5.97 Å². The summed E-state index contributed by atoms with van der Waals surface area (Å²) in [7, 11) is 0. The van der Waals surface area contributed by atoms with Crippen LogP contribution in [0.25, 0.3) is 0 Å². The molecule has 30 unspecified atom stereocenters. The minimum absolute atomic E-state index is 0.0185. The second kappa shape index (κ2) is 22.7. The van der Waals surface area contributed by atoms with Gasteiger partial charge in [0.15, 0.2) is 25.2 Å². The Morgan fingerprint density at radius 2 is 1.08 bits per heavy atom. The highest BCUT2D eigenvalue weighted by Gasteiger charge is 2.82. The summed E-state index contributed by atoms with van der Waals surface area (Å²) < 4.78 is 47.1. The molecule has 0 aromatic heterocycles. The lowest BCUT2D eigenvalue weighted by atomic mass is 9.41. The highest BCUT2D eigenvalue weighted by Crippen LogP contribution is 2.89. The van der Waals surface area contributed by atoms with Crippen LogP contribution in [0.3, 0.4) is 0 Å². The molecule has 5 saturated carbocycles. The normalized spacial score (nSPS) is 52.8. The van der Waals surface area contributed by atoms with Crippen molar-refractivity contribution in [3.8, 4) is 0 Å². The molecule has 78 heavy (non-hydrogen) atoms. The van der Waals surface area contributed by atoms with Crippen LogP contribution in [0.15, 0.2) is 11.6 Å². The molecule has 4 heterocycles. The lowest BCUT2D eigenvalue weighted by molar-refractivity contribution is -0.398. The maximum Gasteiger partial charge on any atom is 0.333 e. The molecule has 15 N–H and O–H groups in total. The van der Waals surface area contributed by atoms with Gasteiger partial charge in [0.05, 0.1) is 32.0 Å². The van der Waals surface area contributed by atoms with E-state index in [4.69, 9.17) is 37.9 Å². The zero-order chi connectivity index (χ0) is 56.9. The largest absolute Gasteiger partial charge is 0.459 e. The molecule has 5 aliphatic carbocycles. The zero-order valence-corrected chi connectivity index (χ0v) is 45.4. The van der Waals surface area contributed by atoms with Gasteiger partial charge < -0.3 is 114 Å². The van der Waals surface area contributed by atoms with Crippen LogP contribution >= 0.6 is 0 Å². The molecule has 0 radical (unpaired) electrons. The molecule has 9 rings (SSSR count). The third-order valence-electron chi connectivity index (χ3n) is 21.8. The van der Waals surface area contributed by atoms with Crippen LogP contribution in [0.4, 0.5) is 0 Å². The van der Waals surface area contributed by atoms with Crippen molar-refractivity contribution in [3.63, 3.8) is 0 Å². The number of ether oxygens (including phenoxy) is 8. The van der Waals surface area contributed by atoms with Gasteiger partial charge in [0.1, 0.15) is 104 Å². The van der Waals surface area contributed by atoms with Gasteiger partial charge in [-0.05, 0) is 122 Å². The Morgan fingerprint density at radius 1 is 0.564 bits per heavy atom. The summed E-state index contributed by atoms with van der Waals surface area (Å²) in [6, 6.07) is 0. The number of carbonyl (C=O) groups is 1. The number of carbonyl (C=O) groups excluding carboxylic acids is 1. The van der Waals surface area contributed by atoms with Gasteiger partial charge in [-0.3, -0.25) is 0 Å². The van der Waals surface area contributed by atoms with Crippen LogP contribution < -0.4 is 0 Å². The third kappa shape index (κ3) is 9.96. The van der Waals surface area contributed by atoms with Crippen LogP contribution in [0.5, 0.6) is 0 Å². The van der Waals surface area contributed by atoms with Crippen molar-refractivity contribution in [2.45, 2.75) is 241 Å². The Bertz CT molecular complexity index is 2120. The smallest absolute Gasteiger partial charge is 0.333 e. The number of esters is 1. The van der Waals surface area contributed by atoms with E-state index < -0.39 is 173 Å². The topological polar surface area (TPSA) is 394 Å². The first-order chi connectivity index (χ1) is 36.7. The average Bonchev–Trinajstić information content (AvgIpc) is 3.14. The monoisotopic (exact) mass is 1120 g/mol. The van der Waals surface area contributed by atoms with Gasteiger partial charge in [-0.1, -0.05) is 40.7 Å². The highest BCUT2D eigenvalue weighted by molar-refractivity contribution is 5.87. The molecule has 0 amide bonds. The molecule has 0 aromatic carbocycles. The van der Waals surface area contributed by atoms with Gasteiger partial charge >= 0.3 is 5.97 Å². The molecule has 30 atom stereocenters. The predicted octanol–water partition coefficient (Wildman–Crippen LogP) is -3.06. The molecule has 24 nitrogen and oxygen atoms in total. The van der Waals surface area contributed by atoms with Crippen molar-refractivity contribution in [1.82, 2.24) is 0 Å². The van der Waals surface area contributed by atoms with Crippen molar-refractivity contribution in [2.75, 3.05) is 26.4 Å². The minimum Gasteiger partial charge on any atom is -0.459 e. The maximum absolute atomic E-state index is 12.9. The van der Waals surface area contributed by atoms with E-state index in [1.807, 2.05) is 0 Å². The summed E-state index contributed by atoms with van der Waals surface area (Å²) in [5, 5.41) is 159. The molecular formula is C54H88O24. The zero-order valence-electron chi connectivity index (χ0n) is 45.4. The Kier molecular flexibility index (Phi) is 17.7. The van der Waals surface area contributed by atoms with Crippen LogP contribution in [-0.2, 0) is 42.7 Å². The summed E-state index contributed by atoms with van der Waals surface area (Å²) >= 11 is 0. The van der Waals surface area contributed by atoms with Crippen molar-refractivity contribution in [2.24, 2.45) is 50.7 Å². The van der Waals surface area contributed by atoms with Gasteiger partial charge in [0, 0.05) is 5.57 Å². The standard InChI is InChI=1S/C54H88O24/c1-22(45(69)71-20-29-36(62)37(63)41(67)46(70)72-29)7-8-25(58)23(2)24-11-13-52(6)31-10-9-30-50(3,4)32(12-14-53(30)21-54(31,53)16-15-51(24,52)5)76-48-43(39(65)34(60)27(18-56)74-48)78-49-44(40(66)35(61)28(19-57)75-49)77-47-42(68)38(64)33(59)26(17-55)73-47/h7,23-44,46-49,55-68,70H,8-21H2,1-6H3. The average molecular weight is 1120 g/mol. The summed E-state index contributed by atoms with van der Waals surface area (Å²) in [6.07, 6.45) is -24.4. The molecule has 4 aliphatic heterocycles. The predicted molar refractivity (Wildman–Crippen MR) is 264 cm³/mol. The second-order valence-electron chi connectivity index (χ2n) is 25.6. The Morgan fingerprint density at radius 3 is 1.68 bits per heavy atom. The van der Waals surface area contributed by atoms with E-state index in [1.54, 1.807) is 13.0 Å². The van der Waals surface area contributed by atoms with Gasteiger partial charge in [-0.2, -0.15) is 0 Å². The van der Waals surface area contributed by atoms with Gasteiger partial charge in [-0.15, -0.1) is 0 Å². The number of aliphatic hydroxyl groups excluding tert-OH is 15. The maximum atomic E-state index is 12.9. The summed E-state index contributed by atoms with van der Waals surface area (Å²) in [6.45, 7) is 10.1. The molecule has 0 aromatic rings. The van der Waals surface area contributed by atoms with E-state index in [-0.39, 0.29) is 51.4 Å². The number of aliphatic hydroxyl groups is 15. The quantitative estimate of drug-likeness (QED) is 0.0414. The van der Waals surface area contributed by atoms with Gasteiger partial charge in [0.25, 0.3) is 0 Å². The molecule has 4 saturated heterocycles. The van der Waals surface area contributed by atoms with Crippen molar-refractivity contribution < 1.29 is 119 Å². The summed E-state index contributed by atoms with van der Waals surface area (Å²) in [5.41, 5.74) is -0.218. The van der Waals surface area contributed by atoms with E-state index >= 15 is 0 Å². The fraction of sp³-hybridized carbons (Fsp3) is 0.944. The number of rotatable bonds is 16. The molecule has 0 bridgehead atoms. The highest BCUT2D eigenvalue weighted by atomic mass is 16.8. The Labute approximate surface area is 453 Å². The van der Waals surface area contributed by atoms with Gasteiger partial charge in [-0.25, -0.2) is 4.79 Å². The second-order valence-corrected chi connectivity index (χ2v) is 25.6. The van der Waals surface area contributed by atoms with E-state index in [0.717, 1.165) is 51.4 Å². The van der Waals surface area contributed by atoms with Crippen LogP contribution in [0, 0.1) is 50.7 Å². The molecule has 24 heteroatoms. The van der Waals surface area contributed by atoms with E-state index in [0.29, 0.717) is 12.3 Å². The van der Waals surface area contributed by atoms with E-state index in [9.17, 15) is 81.4 Å². The number of fused-ring (bicyclic) bond motifs is 2. The molecule has 2 spiro atoms. The van der Waals surface area contributed by atoms with Gasteiger partial charge in [0.2, 0.25) is 0 Å². The summed E-state index contributed by atoms with van der Waals surface area (Å²) in [4.78, 5) is 12.9. The molecule has 9 fully saturated rings. The van der Waals surface area contributed by atoms with Crippen LogP contribution in [-0.4, -0.2) is 244 Å². The van der Waals surface area contributed by atoms with Crippen LogP contribution in [0.1, 0.15) is 106 Å². The molecule has 9 aliphatic rings. The fourth-order valence-electron chi connectivity index (χ4n) is 16.9. The van der Waals surface area contributed by atoms with E-state index in [2.05, 4.69) is 34.6 Å². The fourth-order valence-corrected chi connectivity index (χ4v) is 16.9. The first kappa shape index (κ1) is 60.9. The van der Waals surface area contributed by atoms with Crippen LogP contribution in [0.2, 0.25) is 0 Å². The number of hydrogen-bond donors (Lipinski definition) is 15. The first-order valence-electron chi connectivity index (χ1n) is 28.1.